The van der Waals surface area contributed by atoms with Gasteiger partial charge in [0.25, 0.3) is 0 Å². The zero-order valence-corrected chi connectivity index (χ0v) is 23.5. The van der Waals surface area contributed by atoms with Gasteiger partial charge in [0.05, 0.1) is 0 Å². The second-order valence-electron chi connectivity index (χ2n) is 11.9. The van der Waals surface area contributed by atoms with Crippen molar-refractivity contribution in [1.82, 2.24) is 9.78 Å². The second kappa shape index (κ2) is 6.99. The van der Waals surface area contributed by atoms with Crippen LogP contribution in [0.3, 0.4) is 0 Å². The van der Waals surface area contributed by atoms with Crippen LogP contribution in [0.2, 0.25) is 17.3 Å². The van der Waals surface area contributed by atoms with E-state index >= 15 is 0 Å². The van der Waals surface area contributed by atoms with Crippen LogP contribution in [0, 0.1) is 0 Å². The van der Waals surface area contributed by atoms with Gasteiger partial charge in [-0.25, -0.2) is 0 Å². The molecule has 0 aromatic heterocycles. The van der Waals surface area contributed by atoms with E-state index in [0.717, 1.165) is 6.42 Å². The number of rotatable bonds is 5. The van der Waals surface area contributed by atoms with E-state index < -0.39 is 26.6 Å². The van der Waals surface area contributed by atoms with Crippen LogP contribution in [0.1, 0.15) is 68.7 Å². The van der Waals surface area contributed by atoms with Crippen LogP contribution >= 0.6 is 0 Å². The molecule has 1 rings (SSSR count). The summed E-state index contributed by atoms with van der Waals surface area (Å²) >= 11 is -4.01. The molecular formula is C20H44GeN3Zr. The molecule has 3 N–H and O–H groups in total. The maximum absolute atomic E-state index is 4.34. The molecule has 5 heteroatoms. The molecule has 0 unspecified atom stereocenters. The number of allylic oxidation sites excluding steroid dienone is 4. The summed E-state index contributed by atoms with van der Waals surface area (Å²) in [6.07, 6.45) is 8.08. The molecule has 0 saturated carbocycles. The van der Waals surface area contributed by atoms with E-state index in [2.05, 4.69) is 108 Å². The van der Waals surface area contributed by atoms with Gasteiger partial charge in [0, 0.05) is 0 Å². The van der Waals surface area contributed by atoms with E-state index in [1.54, 1.807) is 3.28 Å². The van der Waals surface area contributed by atoms with E-state index in [1.165, 1.54) is 0 Å². The van der Waals surface area contributed by atoms with Gasteiger partial charge in [0.1, 0.15) is 0 Å². The summed E-state index contributed by atoms with van der Waals surface area (Å²) in [5.74, 6) is 7.79. The van der Waals surface area contributed by atoms with Crippen molar-refractivity contribution in [2.75, 3.05) is 0 Å². The van der Waals surface area contributed by atoms with E-state index in [0.29, 0.717) is 0 Å². The molecule has 1 aliphatic rings. The molecule has 0 atom stereocenters. The Hall–Kier alpha value is 0.786. The van der Waals surface area contributed by atoms with Gasteiger partial charge in [-0.1, -0.05) is 0 Å². The molecule has 25 heavy (non-hydrogen) atoms. The van der Waals surface area contributed by atoms with Gasteiger partial charge in [0.2, 0.25) is 0 Å². The molecule has 0 aromatic carbocycles. The predicted molar refractivity (Wildman–Crippen MR) is 114 cm³/mol. The van der Waals surface area contributed by atoms with E-state index in [1.807, 2.05) is 0 Å². The number of nitrogens with one attached hydrogen (secondary N) is 3. The molecule has 0 aromatic rings. The number of hydrogen-bond donors (Lipinski definition) is 3. The maximum atomic E-state index is 4.34. The minimum atomic E-state index is -4.01. The quantitative estimate of drug-likeness (QED) is 0.460. The SMILES string of the molecule is CC(C)(C)[NH][Zr]([NH]C(C)(C)C)([NH]C(C)(C)C)([C]1=CC=CC1)[Ge]([CH3])([CH3])[CH3]. The van der Waals surface area contributed by atoms with Gasteiger partial charge in [-0.2, -0.15) is 0 Å². The average Bonchev–Trinajstić information content (AvgIpc) is 2.72. The summed E-state index contributed by atoms with van der Waals surface area (Å²) in [4.78, 5) is 0. The van der Waals surface area contributed by atoms with Crippen molar-refractivity contribution in [3.05, 3.63) is 21.5 Å². The Morgan fingerprint density at radius 3 is 1.32 bits per heavy atom. The van der Waals surface area contributed by atoms with Gasteiger partial charge in [0.15, 0.2) is 0 Å². The van der Waals surface area contributed by atoms with Crippen molar-refractivity contribution in [1.29, 1.82) is 0 Å². The van der Waals surface area contributed by atoms with Gasteiger partial charge in [-0.3, -0.25) is 0 Å². The first-order chi connectivity index (χ1) is 10.8. The Kier molecular flexibility index (Phi) is 6.66. The molecule has 3 nitrogen and oxygen atoms in total. The first kappa shape index (κ1) is 23.8. The minimum absolute atomic E-state index is 0.0454. The van der Waals surface area contributed by atoms with Crippen LogP contribution in [0.4, 0.5) is 0 Å². The zero-order chi connectivity index (χ0) is 20.0. The summed E-state index contributed by atoms with van der Waals surface area (Å²) in [5, 5.41) is 0. The molecule has 0 radical (unpaired) electrons. The molecule has 0 bridgehead atoms. The average molecular weight is 490 g/mol. The molecule has 0 amide bonds. The van der Waals surface area contributed by atoms with Crippen LogP contribution in [-0.4, -0.2) is 26.1 Å². The van der Waals surface area contributed by atoms with Crippen LogP contribution < -0.4 is 9.78 Å². The van der Waals surface area contributed by atoms with Gasteiger partial charge < -0.3 is 0 Å². The van der Waals surface area contributed by atoms with Gasteiger partial charge in [-0.15, -0.1) is 0 Å². The van der Waals surface area contributed by atoms with Crippen molar-refractivity contribution >= 4 is 9.48 Å². The van der Waals surface area contributed by atoms with Crippen molar-refractivity contribution in [2.24, 2.45) is 0 Å². The van der Waals surface area contributed by atoms with Crippen molar-refractivity contribution < 1.29 is 17.1 Å². The Balaban J connectivity index is 3.90. The third-order valence-electron chi connectivity index (χ3n) is 4.79. The van der Waals surface area contributed by atoms with Crippen LogP contribution in [0.25, 0.3) is 0 Å². The molecule has 0 aliphatic heterocycles. The van der Waals surface area contributed by atoms with E-state index in [-0.39, 0.29) is 16.6 Å². The summed E-state index contributed by atoms with van der Waals surface area (Å²) < 4.78 is 14.7. The molecular weight excluding hydrogens is 446 g/mol. The van der Waals surface area contributed by atoms with Crippen LogP contribution in [0.5, 0.6) is 0 Å². The molecule has 147 valence electrons. The zero-order valence-electron chi connectivity index (χ0n) is 18.9. The molecule has 1 aliphatic carbocycles. The first-order valence-corrected chi connectivity index (χ1v) is 28.4. The first-order valence-electron chi connectivity index (χ1n) is 9.72. The molecule has 0 fully saturated rings. The fourth-order valence-electron chi connectivity index (χ4n) is 4.45. The monoisotopic (exact) mass is 490 g/mol. The van der Waals surface area contributed by atoms with E-state index in [9.17, 15) is 0 Å². The third-order valence-corrected chi connectivity index (χ3v) is 71.3. The Labute approximate surface area is 159 Å². The number of hydrogen-bond acceptors (Lipinski definition) is 3. The summed E-state index contributed by atoms with van der Waals surface area (Å²) in [6, 6.07) is 0. The normalized spacial score (nSPS) is 18.9. The standard InChI is InChI=1S/C5H5.3C4H10N.C3H9Ge.Zr/c1-2-4-5-3-1;3*1-4(2,3)5;1-4(2)3;/h1-3H,4H2;3*5H,1-3H3;1-3H3;/q;3*-1;;+3. The summed E-state index contributed by atoms with van der Waals surface area (Å²) in [5.41, 5.74) is 0.136. The van der Waals surface area contributed by atoms with Gasteiger partial charge in [-0.05, 0) is 0 Å². The second-order valence-corrected chi connectivity index (χ2v) is 62.5. The topological polar surface area (TPSA) is 36.1 Å². The van der Waals surface area contributed by atoms with Crippen molar-refractivity contribution in [3.8, 4) is 0 Å². The fraction of sp³-hybridized carbons (Fsp3) is 0.800. The summed E-state index contributed by atoms with van der Waals surface area (Å²) in [6.45, 7) is 20.9. The molecule has 0 spiro atoms. The Morgan fingerprint density at radius 2 is 1.12 bits per heavy atom. The molecule has 0 saturated heterocycles. The van der Waals surface area contributed by atoms with Crippen molar-refractivity contribution in [2.45, 2.75) is 103 Å². The van der Waals surface area contributed by atoms with Gasteiger partial charge >= 0.3 is 161 Å². The van der Waals surface area contributed by atoms with Crippen LogP contribution in [0.15, 0.2) is 21.5 Å². The molecule has 0 heterocycles. The Bertz CT molecular complexity index is 508. The third kappa shape index (κ3) is 5.41. The fourth-order valence-corrected chi connectivity index (χ4v) is 66.8. The predicted octanol–water partition coefficient (Wildman–Crippen LogP) is 5.26. The summed E-state index contributed by atoms with van der Waals surface area (Å²) in [7, 11) is -2.34. The Morgan fingerprint density at radius 1 is 0.760 bits per heavy atom. The van der Waals surface area contributed by atoms with Crippen LogP contribution in [-0.2, 0) is 17.1 Å². The van der Waals surface area contributed by atoms with Crippen molar-refractivity contribution in [3.63, 3.8) is 0 Å². The van der Waals surface area contributed by atoms with E-state index in [4.69, 9.17) is 0 Å².